The molecular formula is C24H30N2O3S2. The monoisotopic (exact) mass is 458 g/mol. The van der Waals surface area contributed by atoms with Crippen molar-refractivity contribution < 1.29 is 13.2 Å². The minimum absolute atomic E-state index is 0.0196. The van der Waals surface area contributed by atoms with Crippen LogP contribution in [0.2, 0.25) is 0 Å². The van der Waals surface area contributed by atoms with Gasteiger partial charge in [0, 0.05) is 31.0 Å². The quantitative estimate of drug-likeness (QED) is 0.686. The molecule has 0 N–H and O–H groups in total. The summed E-state index contributed by atoms with van der Waals surface area (Å²) in [6, 6.07) is 16.6. The summed E-state index contributed by atoms with van der Waals surface area (Å²) in [5, 5.41) is 0. The van der Waals surface area contributed by atoms with E-state index in [2.05, 4.69) is 20.8 Å². The molecule has 31 heavy (non-hydrogen) atoms. The van der Waals surface area contributed by atoms with Crippen molar-refractivity contribution in [2.24, 2.45) is 0 Å². The van der Waals surface area contributed by atoms with E-state index in [1.165, 1.54) is 0 Å². The van der Waals surface area contributed by atoms with Gasteiger partial charge in [-0.15, -0.1) is 11.8 Å². The van der Waals surface area contributed by atoms with Crippen molar-refractivity contribution in [3.63, 3.8) is 0 Å². The SMILES string of the molecule is CC(C)(C)c1ccc(S(=O)(=O)N2CCC3(CC2)SCCN3C(=O)c2ccccc2)cc1. The lowest BCUT2D eigenvalue weighted by Gasteiger charge is -2.43. The molecule has 7 heteroatoms. The second kappa shape index (κ2) is 8.26. The zero-order chi connectivity index (χ0) is 22.3. The Morgan fingerprint density at radius 2 is 1.55 bits per heavy atom. The van der Waals surface area contributed by atoms with Crippen molar-refractivity contribution in [2.75, 3.05) is 25.4 Å². The first-order chi connectivity index (χ1) is 14.6. The molecule has 0 saturated carbocycles. The van der Waals surface area contributed by atoms with Crippen LogP contribution in [0.4, 0.5) is 0 Å². The molecule has 0 radical (unpaired) electrons. The summed E-state index contributed by atoms with van der Waals surface area (Å²) in [4.78, 5) is 15.1. The number of benzene rings is 2. The van der Waals surface area contributed by atoms with Crippen molar-refractivity contribution in [1.29, 1.82) is 0 Å². The fourth-order valence-corrected chi connectivity index (χ4v) is 7.29. The van der Waals surface area contributed by atoms with E-state index < -0.39 is 10.0 Å². The summed E-state index contributed by atoms with van der Waals surface area (Å²) in [6.45, 7) is 7.90. The molecule has 2 heterocycles. The lowest BCUT2D eigenvalue weighted by atomic mass is 9.87. The molecule has 2 saturated heterocycles. The van der Waals surface area contributed by atoms with E-state index in [9.17, 15) is 13.2 Å². The van der Waals surface area contributed by atoms with Crippen molar-refractivity contribution in [3.05, 3.63) is 65.7 Å². The number of carbonyl (C=O) groups is 1. The third kappa shape index (κ3) is 4.28. The maximum atomic E-state index is 13.2. The van der Waals surface area contributed by atoms with Gasteiger partial charge in [-0.05, 0) is 48.1 Å². The molecule has 1 spiro atoms. The van der Waals surface area contributed by atoms with Crippen LogP contribution in [0.1, 0.15) is 49.5 Å². The number of hydrogen-bond donors (Lipinski definition) is 0. The lowest BCUT2D eigenvalue weighted by Crippen LogP contribution is -2.53. The Balaban J connectivity index is 1.49. The van der Waals surface area contributed by atoms with Crippen LogP contribution in [0.5, 0.6) is 0 Å². The molecule has 2 aromatic rings. The predicted octanol–water partition coefficient (Wildman–Crippen LogP) is 4.35. The van der Waals surface area contributed by atoms with E-state index in [-0.39, 0.29) is 16.2 Å². The summed E-state index contributed by atoms with van der Waals surface area (Å²) in [7, 11) is -3.54. The van der Waals surface area contributed by atoms with Crippen LogP contribution < -0.4 is 0 Å². The molecule has 0 unspecified atom stereocenters. The molecular weight excluding hydrogens is 428 g/mol. The summed E-state index contributed by atoms with van der Waals surface area (Å²) in [6.07, 6.45) is 1.30. The van der Waals surface area contributed by atoms with Gasteiger partial charge in [-0.3, -0.25) is 4.79 Å². The van der Waals surface area contributed by atoms with Crippen LogP contribution >= 0.6 is 11.8 Å². The van der Waals surface area contributed by atoms with Gasteiger partial charge in [0.05, 0.1) is 9.77 Å². The number of thioether (sulfide) groups is 1. The fraction of sp³-hybridized carbons (Fsp3) is 0.458. The second-order valence-electron chi connectivity index (χ2n) is 9.30. The van der Waals surface area contributed by atoms with Crippen LogP contribution in [0.25, 0.3) is 0 Å². The first-order valence-electron chi connectivity index (χ1n) is 10.8. The molecule has 2 aliphatic heterocycles. The second-order valence-corrected chi connectivity index (χ2v) is 12.7. The summed E-state index contributed by atoms with van der Waals surface area (Å²) < 4.78 is 28.0. The van der Waals surface area contributed by atoms with E-state index >= 15 is 0 Å². The number of sulfonamides is 1. The van der Waals surface area contributed by atoms with Crippen LogP contribution in [-0.4, -0.2) is 53.8 Å². The Labute approximate surface area is 189 Å². The lowest BCUT2D eigenvalue weighted by molar-refractivity contribution is 0.0605. The number of amides is 1. The highest BCUT2D eigenvalue weighted by Crippen LogP contribution is 2.45. The van der Waals surface area contributed by atoms with E-state index in [1.807, 2.05) is 47.4 Å². The zero-order valence-electron chi connectivity index (χ0n) is 18.4. The normalized spacial score (nSPS) is 19.6. The molecule has 0 atom stereocenters. The zero-order valence-corrected chi connectivity index (χ0v) is 20.0. The Morgan fingerprint density at radius 3 is 2.13 bits per heavy atom. The van der Waals surface area contributed by atoms with E-state index in [0.717, 1.165) is 11.3 Å². The fourth-order valence-electron chi connectivity index (χ4n) is 4.40. The van der Waals surface area contributed by atoms with Gasteiger partial charge in [0.2, 0.25) is 10.0 Å². The van der Waals surface area contributed by atoms with E-state index in [4.69, 9.17) is 0 Å². The molecule has 0 aromatic heterocycles. The van der Waals surface area contributed by atoms with Crippen molar-refractivity contribution in [3.8, 4) is 0 Å². The van der Waals surface area contributed by atoms with Gasteiger partial charge in [0.1, 0.15) is 0 Å². The molecule has 166 valence electrons. The smallest absolute Gasteiger partial charge is 0.254 e. The van der Waals surface area contributed by atoms with Crippen molar-refractivity contribution in [1.82, 2.24) is 9.21 Å². The van der Waals surface area contributed by atoms with Gasteiger partial charge in [0.15, 0.2) is 0 Å². The maximum Gasteiger partial charge on any atom is 0.254 e. The molecule has 2 aliphatic rings. The molecule has 2 aromatic carbocycles. The van der Waals surface area contributed by atoms with Gasteiger partial charge in [0.25, 0.3) is 5.91 Å². The van der Waals surface area contributed by atoms with Crippen LogP contribution in [-0.2, 0) is 15.4 Å². The largest absolute Gasteiger partial charge is 0.323 e. The van der Waals surface area contributed by atoms with Crippen molar-refractivity contribution >= 4 is 27.7 Å². The third-order valence-corrected chi connectivity index (χ3v) is 9.77. The average molecular weight is 459 g/mol. The maximum absolute atomic E-state index is 13.2. The van der Waals surface area contributed by atoms with Crippen LogP contribution in [0, 0.1) is 0 Å². The van der Waals surface area contributed by atoms with E-state index in [1.54, 1.807) is 28.2 Å². The molecule has 0 bridgehead atoms. The first kappa shape index (κ1) is 22.4. The number of nitrogens with zero attached hydrogens (tertiary/aromatic N) is 2. The Bertz CT molecular complexity index is 1040. The molecule has 5 nitrogen and oxygen atoms in total. The Hall–Kier alpha value is -1.83. The predicted molar refractivity (Wildman–Crippen MR) is 126 cm³/mol. The number of hydrogen-bond acceptors (Lipinski definition) is 4. The standard InChI is InChI=1S/C24H30N2O3S2/c1-23(2,3)20-9-11-21(12-10-20)31(28,29)25-15-13-24(14-16-25)26(17-18-30-24)22(27)19-7-5-4-6-8-19/h4-12H,13-18H2,1-3H3. The van der Waals surface area contributed by atoms with Gasteiger partial charge < -0.3 is 4.90 Å². The highest BCUT2D eigenvalue weighted by molar-refractivity contribution is 8.00. The molecule has 4 rings (SSSR count). The van der Waals surface area contributed by atoms with Crippen LogP contribution in [0.15, 0.2) is 59.5 Å². The van der Waals surface area contributed by atoms with Crippen molar-refractivity contribution in [2.45, 2.75) is 48.8 Å². The topological polar surface area (TPSA) is 57.7 Å². The summed E-state index contributed by atoms with van der Waals surface area (Å²) in [5.41, 5.74) is 1.79. The minimum Gasteiger partial charge on any atom is -0.323 e. The Kier molecular flexibility index (Phi) is 5.96. The van der Waals surface area contributed by atoms with Gasteiger partial charge in [-0.1, -0.05) is 51.1 Å². The molecule has 2 fully saturated rings. The van der Waals surface area contributed by atoms with E-state index in [0.29, 0.717) is 42.9 Å². The highest BCUT2D eigenvalue weighted by Gasteiger charge is 2.48. The van der Waals surface area contributed by atoms with Gasteiger partial charge >= 0.3 is 0 Å². The molecule has 0 aliphatic carbocycles. The first-order valence-corrected chi connectivity index (χ1v) is 13.2. The van der Waals surface area contributed by atoms with Gasteiger partial charge in [-0.2, -0.15) is 4.31 Å². The average Bonchev–Trinajstić information content (AvgIpc) is 3.16. The Morgan fingerprint density at radius 1 is 0.935 bits per heavy atom. The number of carbonyl (C=O) groups excluding carboxylic acids is 1. The summed E-state index contributed by atoms with van der Waals surface area (Å²) >= 11 is 1.79. The van der Waals surface area contributed by atoms with Gasteiger partial charge in [-0.25, -0.2) is 8.42 Å². The van der Waals surface area contributed by atoms with Crippen LogP contribution in [0.3, 0.4) is 0 Å². The minimum atomic E-state index is -3.54. The molecule has 1 amide bonds. The number of piperidine rings is 1. The summed E-state index contributed by atoms with van der Waals surface area (Å²) in [5.74, 6) is 0.930. The number of rotatable bonds is 3. The third-order valence-electron chi connectivity index (χ3n) is 6.31. The highest BCUT2D eigenvalue weighted by atomic mass is 32.2.